The van der Waals surface area contributed by atoms with Crippen LogP contribution in [-0.4, -0.2) is 41.6 Å². The van der Waals surface area contributed by atoms with Gasteiger partial charge in [-0.2, -0.15) is 0 Å². The monoisotopic (exact) mass is 372 g/mol. The second-order valence-electron chi connectivity index (χ2n) is 7.12. The minimum Gasteiger partial charge on any atom is -0.450 e. The lowest BCUT2D eigenvalue weighted by molar-refractivity contribution is -0.00382. The molecule has 1 aliphatic heterocycles. The molecule has 2 aliphatic rings. The van der Waals surface area contributed by atoms with Crippen LogP contribution in [-0.2, 0) is 24.0 Å². The Morgan fingerprint density at radius 3 is 2.78 bits per heavy atom. The highest BCUT2D eigenvalue weighted by Crippen LogP contribution is 2.50. The third kappa shape index (κ3) is 3.17. The first-order valence-corrected chi connectivity index (χ1v) is 9.34. The third-order valence-corrected chi connectivity index (χ3v) is 5.51. The van der Waals surface area contributed by atoms with E-state index in [1.165, 1.54) is 6.20 Å². The molecule has 0 spiro atoms. The fourth-order valence-corrected chi connectivity index (χ4v) is 4.34. The van der Waals surface area contributed by atoms with E-state index in [9.17, 15) is 13.6 Å². The second kappa shape index (κ2) is 6.91. The van der Waals surface area contributed by atoms with E-state index < -0.39 is 11.8 Å². The molecule has 4 rings (SSSR count). The van der Waals surface area contributed by atoms with Crippen molar-refractivity contribution < 1.29 is 18.3 Å². The number of halogens is 2. The van der Waals surface area contributed by atoms with Crippen LogP contribution in [0.1, 0.15) is 40.7 Å². The van der Waals surface area contributed by atoms with Crippen LogP contribution < -0.4 is 0 Å². The van der Waals surface area contributed by atoms with E-state index in [2.05, 4.69) is 4.98 Å². The molecule has 0 bridgehead atoms. The van der Waals surface area contributed by atoms with Gasteiger partial charge in [0.15, 0.2) is 0 Å². The standard InChI is InChI=1S/C21H22F2N2O2/c1-2-27-20(26)25-10-7-14-5-6-15-12-21(22,23)19(16-4-3-9-24-13-16)18(15)17(14)8-11-25/h3-6,9,13,19H,2,7-8,10-12H2,1H3. The molecule has 6 heteroatoms. The first-order valence-electron chi connectivity index (χ1n) is 9.34. The first-order chi connectivity index (χ1) is 13.0. The summed E-state index contributed by atoms with van der Waals surface area (Å²) >= 11 is 0. The lowest BCUT2D eigenvalue weighted by Crippen LogP contribution is -2.33. The zero-order chi connectivity index (χ0) is 19.0. The largest absolute Gasteiger partial charge is 0.450 e. The summed E-state index contributed by atoms with van der Waals surface area (Å²) in [5.74, 6) is -3.82. The molecule has 0 N–H and O–H groups in total. The van der Waals surface area contributed by atoms with Crippen LogP contribution in [0.25, 0.3) is 0 Å². The Balaban J connectivity index is 1.73. The Hall–Kier alpha value is -2.50. The number of carbonyl (C=O) groups is 1. The van der Waals surface area contributed by atoms with Crippen LogP contribution in [0.4, 0.5) is 13.6 Å². The molecule has 1 unspecified atom stereocenters. The maximum atomic E-state index is 15.0. The molecule has 27 heavy (non-hydrogen) atoms. The number of ether oxygens (including phenoxy) is 1. The van der Waals surface area contributed by atoms with Crippen molar-refractivity contribution in [2.75, 3.05) is 19.7 Å². The lowest BCUT2D eigenvalue weighted by Gasteiger charge is -2.23. The average Bonchev–Trinajstić information content (AvgIpc) is 2.79. The lowest BCUT2D eigenvalue weighted by atomic mass is 9.85. The molecule has 2 aromatic rings. The molecule has 0 saturated heterocycles. The van der Waals surface area contributed by atoms with Gasteiger partial charge in [-0.05, 0) is 53.6 Å². The van der Waals surface area contributed by atoms with Gasteiger partial charge >= 0.3 is 6.09 Å². The van der Waals surface area contributed by atoms with Crippen molar-refractivity contribution in [3.63, 3.8) is 0 Å². The summed E-state index contributed by atoms with van der Waals surface area (Å²) in [5, 5.41) is 0. The summed E-state index contributed by atoms with van der Waals surface area (Å²) in [6.45, 7) is 3.12. The molecule has 142 valence electrons. The van der Waals surface area contributed by atoms with Crippen molar-refractivity contribution in [1.29, 1.82) is 0 Å². The van der Waals surface area contributed by atoms with Crippen molar-refractivity contribution >= 4 is 6.09 Å². The summed E-state index contributed by atoms with van der Waals surface area (Å²) in [6.07, 6.45) is 3.75. The van der Waals surface area contributed by atoms with Crippen LogP contribution in [0.5, 0.6) is 0 Å². The van der Waals surface area contributed by atoms with Crippen molar-refractivity contribution in [2.24, 2.45) is 0 Å². The average molecular weight is 372 g/mol. The molecule has 0 saturated carbocycles. The van der Waals surface area contributed by atoms with E-state index >= 15 is 0 Å². The number of carbonyl (C=O) groups excluding carboxylic acids is 1. The molecule has 0 fully saturated rings. The van der Waals surface area contributed by atoms with E-state index in [-0.39, 0.29) is 12.5 Å². The molecule has 1 amide bonds. The second-order valence-corrected chi connectivity index (χ2v) is 7.12. The maximum absolute atomic E-state index is 15.0. The molecule has 1 aliphatic carbocycles. The van der Waals surface area contributed by atoms with Gasteiger partial charge in [-0.25, -0.2) is 13.6 Å². The Kier molecular flexibility index (Phi) is 4.58. The molecular weight excluding hydrogens is 350 g/mol. The van der Waals surface area contributed by atoms with Gasteiger partial charge in [0.25, 0.3) is 5.92 Å². The number of aromatic nitrogens is 1. The zero-order valence-electron chi connectivity index (χ0n) is 15.3. The Labute approximate surface area is 157 Å². The van der Waals surface area contributed by atoms with Crippen molar-refractivity contribution in [1.82, 2.24) is 9.88 Å². The van der Waals surface area contributed by atoms with Gasteiger partial charge in [0.1, 0.15) is 0 Å². The third-order valence-electron chi connectivity index (χ3n) is 5.51. The van der Waals surface area contributed by atoms with E-state index in [1.54, 1.807) is 30.2 Å². The van der Waals surface area contributed by atoms with Crippen molar-refractivity contribution in [3.05, 3.63) is 64.5 Å². The predicted octanol–water partition coefficient (Wildman–Crippen LogP) is 3.96. The van der Waals surface area contributed by atoms with Crippen molar-refractivity contribution in [3.8, 4) is 0 Å². The number of hydrogen-bond donors (Lipinski definition) is 0. The maximum Gasteiger partial charge on any atom is 0.409 e. The Morgan fingerprint density at radius 2 is 2.04 bits per heavy atom. The zero-order valence-corrected chi connectivity index (χ0v) is 15.3. The molecule has 2 heterocycles. The van der Waals surface area contributed by atoms with E-state index in [0.29, 0.717) is 43.7 Å². The number of rotatable bonds is 2. The SMILES string of the molecule is CCOC(=O)N1CCc2ccc3c(c2CC1)C(c1cccnc1)C(F)(F)C3. The normalized spacial score (nSPS) is 20.6. The van der Waals surface area contributed by atoms with Gasteiger partial charge in [0, 0.05) is 31.9 Å². The fourth-order valence-electron chi connectivity index (χ4n) is 4.34. The number of hydrogen-bond acceptors (Lipinski definition) is 3. The highest BCUT2D eigenvalue weighted by atomic mass is 19.3. The summed E-state index contributed by atoms with van der Waals surface area (Å²) in [4.78, 5) is 17.8. The fraction of sp³-hybridized carbons (Fsp3) is 0.429. The van der Waals surface area contributed by atoms with Crippen molar-refractivity contribution in [2.45, 2.75) is 38.0 Å². The molecule has 0 radical (unpaired) electrons. The van der Waals surface area contributed by atoms with Gasteiger partial charge < -0.3 is 9.64 Å². The smallest absolute Gasteiger partial charge is 0.409 e. The van der Waals surface area contributed by atoms with Gasteiger partial charge in [0.2, 0.25) is 0 Å². The Morgan fingerprint density at radius 1 is 1.26 bits per heavy atom. The van der Waals surface area contributed by atoms with Crippen LogP contribution in [0.3, 0.4) is 0 Å². The molecule has 1 aromatic carbocycles. The predicted molar refractivity (Wildman–Crippen MR) is 97.2 cm³/mol. The Bertz CT molecular complexity index is 855. The summed E-state index contributed by atoms with van der Waals surface area (Å²) in [6, 6.07) is 7.21. The number of pyridine rings is 1. The van der Waals surface area contributed by atoms with Crippen LogP contribution in [0, 0.1) is 0 Å². The van der Waals surface area contributed by atoms with Crippen LogP contribution in [0.2, 0.25) is 0 Å². The number of alkyl halides is 2. The quantitative estimate of drug-likeness (QED) is 0.801. The summed E-state index contributed by atoms with van der Waals surface area (Å²) in [7, 11) is 0. The minimum absolute atomic E-state index is 0.253. The molecule has 1 aromatic heterocycles. The molecular formula is C21H22F2N2O2. The summed E-state index contributed by atoms with van der Waals surface area (Å²) in [5.41, 5.74) is 3.99. The van der Waals surface area contributed by atoms with Gasteiger partial charge in [-0.15, -0.1) is 0 Å². The molecule has 4 nitrogen and oxygen atoms in total. The van der Waals surface area contributed by atoms with Gasteiger partial charge in [-0.1, -0.05) is 18.2 Å². The van der Waals surface area contributed by atoms with E-state index in [1.807, 2.05) is 12.1 Å². The molecule has 1 atom stereocenters. The van der Waals surface area contributed by atoms with Crippen LogP contribution >= 0.6 is 0 Å². The number of fused-ring (bicyclic) bond motifs is 3. The van der Waals surface area contributed by atoms with Crippen LogP contribution in [0.15, 0.2) is 36.7 Å². The van der Waals surface area contributed by atoms with E-state index in [4.69, 9.17) is 4.74 Å². The van der Waals surface area contributed by atoms with Gasteiger partial charge in [0.05, 0.1) is 12.5 Å². The topological polar surface area (TPSA) is 42.4 Å². The highest BCUT2D eigenvalue weighted by Gasteiger charge is 2.49. The summed E-state index contributed by atoms with van der Waals surface area (Å²) < 4.78 is 35.0. The minimum atomic E-state index is -2.84. The highest BCUT2D eigenvalue weighted by molar-refractivity contribution is 5.68. The number of benzene rings is 1. The van der Waals surface area contributed by atoms with Gasteiger partial charge in [-0.3, -0.25) is 4.98 Å². The number of amides is 1. The number of nitrogens with zero attached hydrogens (tertiary/aromatic N) is 2. The first kappa shape index (κ1) is 17.9. The van der Waals surface area contributed by atoms with E-state index in [0.717, 1.165) is 16.7 Å².